The van der Waals surface area contributed by atoms with Crippen LogP contribution in [0.4, 0.5) is 0 Å². The molecule has 0 aliphatic carbocycles. The Balaban J connectivity index is 0.00000264. The number of methoxy groups -OCH3 is 1. The summed E-state index contributed by atoms with van der Waals surface area (Å²) in [7, 11) is 1.60. The summed E-state index contributed by atoms with van der Waals surface area (Å²) in [5.74, 6) is 1.99. The van der Waals surface area contributed by atoms with Crippen LogP contribution in [-0.2, 0) is 4.79 Å². The number of rotatable bonds is 7. The molecule has 1 aromatic rings. The summed E-state index contributed by atoms with van der Waals surface area (Å²) in [4.78, 5) is 14.1. The molecule has 0 atom stereocenters. The molecule has 5 nitrogen and oxygen atoms in total. The van der Waals surface area contributed by atoms with Crippen LogP contribution in [0.5, 0.6) is 11.5 Å². The molecule has 1 aromatic carbocycles. The second kappa shape index (κ2) is 10.3. The number of carbonyl (C=O) groups excluding carboxylic acids is 1. The average Bonchev–Trinajstić information content (AvgIpc) is 2.58. The summed E-state index contributed by atoms with van der Waals surface area (Å²) >= 11 is 0. The minimum atomic E-state index is 0. The molecule has 1 aliphatic rings. The van der Waals surface area contributed by atoms with Crippen molar-refractivity contribution in [3.63, 3.8) is 0 Å². The Kier molecular flexibility index (Phi) is 8.81. The normalized spacial score (nSPS) is 15.0. The number of benzene rings is 1. The van der Waals surface area contributed by atoms with Gasteiger partial charge in [-0.2, -0.15) is 0 Å². The van der Waals surface area contributed by atoms with E-state index in [1.807, 2.05) is 29.2 Å². The van der Waals surface area contributed by atoms with Crippen molar-refractivity contribution in [3.05, 3.63) is 24.3 Å². The molecule has 2 rings (SSSR count). The molecule has 0 radical (unpaired) electrons. The topological polar surface area (TPSA) is 50.8 Å². The predicted octanol–water partition coefficient (Wildman–Crippen LogP) is 2.34. The summed E-state index contributed by atoms with van der Waals surface area (Å²) in [6, 6.07) is 7.39. The molecular weight excluding hydrogens is 316 g/mol. The number of halogens is 1. The fourth-order valence-corrected chi connectivity index (χ4v) is 2.70. The summed E-state index contributed by atoms with van der Waals surface area (Å²) in [5, 5.41) is 3.38. The Morgan fingerprint density at radius 3 is 2.52 bits per heavy atom. The highest BCUT2D eigenvalue weighted by molar-refractivity contribution is 5.85. The van der Waals surface area contributed by atoms with Crippen molar-refractivity contribution in [2.24, 2.45) is 5.92 Å². The summed E-state index contributed by atoms with van der Waals surface area (Å²) < 4.78 is 10.8. The SMILES string of the molecule is CCNCC1CCN(C(=O)COc2ccccc2OC)CC1.Cl. The third-order valence-corrected chi connectivity index (χ3v) is 4.07. The molecule has 1 fully saturated rings. The van der Waals surface area contributed by atoms with Crippen LogP contribution in [0.1, 0.15) is 19.8 Å². The second-order valence-electron chi connectivity index (χ2n) is 5.57. The fraction of sp³-hybridized carbons (Fsp3) is 0.588. The molecule has 1 saturated heterocycles. The van der Waals surface area contributed by atoms with E-state index < -0.39 is 0 Å². The van der Waals surface area contributed by atoms with E-state index >= 15 is 0 Å². The minimum Gasteiger partial charge on any atom is -0.493 e. The zero-order chi connectivity index (χ0) is 15.8. The number of hydrogen-bond acceptors (Lipinski definition) is 4. The van der Waals surface area contributed by atoms with Crippen LogP contribution in [0.2, 0.25) is 0 Å². The maximum Gasteiger partial charge on any atom is 0.260 e. The largest absolute Gasteiger partial charge is 0.493 e. The van der Waals surface area contributed by atoms with Gasteiger partial charge in [-0.25, -0.2) is 0 Å². The van der Waals surface area contributed by atoms with E-state index in [2.05, 4.69) is 12.2 Å². The Hall–Kier alpha value is -1.46. The molecule has 1 N–H and O–H groups in total. The Morgan fingerprint density at radius 2 is 1.91 bits per heavy atom. The summed E-state index contributed by atoms with van der Waals surface area (Å²) in [6.45, 7) is 5.89. The molecule has 1 amide bonds. The number of nitrogens with one attached hydrogen (secondary N) is 1. The number of piperidine rings is 1. The summed E-state index contributed by atoms with van der Waals surface area (Å²) in [5.41, 5.74) is 0. The highest BCUT2D eigenvalue weighted by Crippen LogP contribution is 2.26. The van der Waals surface area contributed by atoms with Crippen LogP contribution in [0.15, 0.2) is 24.3 Å². The molecule has 1 aliphatic heterocycles. The molecule has 0 saturated carbocycles. The molecule has 0 unspecified atom stereocenters. The number of carbonyl (C=O) groups is 1. The lowest BCUT2D eigenvalue weighted by Crippen LogP contribution is -2.42. The van der Waals surface area contributed by atoms with Gasteiger partial charge in [0.1, 0.15) is 0 Å². The number of nitrogens with zero attached hydrogens (tertiary/aromatic N) is 1. The number of para-hydroxylation sites is 2. The number of amides is 1. The van der Waals surface area contributed by atoms with Gasteiger partial charge in [0.15, 0.2) is 18.1 Å². The molecule has 23 heavy (non-hydrogen) atoms. The maximum absolute atomic E-state index is 12.2. The molecule has 130 valence electrons. The van der Waals surface area contributed by atoms with Crippen molar-refractivity contribution < 1.29 is 14.3 Å². The van der Waals surface area contributed by atoms with Crippen molar-refractivity contribution in [1.82, 2.24) is 10.2 Å². The minimum absolute atomic E-state index is 0. The first-order valence-electron chi connectivity index (χ1n) is 7.99. The van der Waals surface area contributed by atoms with Crippen LogP contribution in [0.25, 0.3) is 0 Å². The molecule has 1 heterocycles. The molecular formula is C17H27ClN2O3. The lowest BCUT2D eigenvalue weighted by molar-refractivity contribution is -0.134. The lowest BCUT2D eigenvalue weighted by Gasteiger charge is -2.32. The van der Waals surface area contributed by atoms with Gasteiger partial charge in [0, 0.05) is 13.1 Å². The lowest BCUT2D eigenvalue weighted by atomic mass is 9.97. The Labute approximate surface area is 144 Å². The summed E-state index contributed by atoms with van der Waals surface area (Å²) in [6.07, 6.45) is 2.13. The molecule has 6 heteroatoms. The predicted molar refractivity (Wildman–Crippen MR) is 93.6 cm³/mol. The zero-order valence-electron chi connectivity index (χ0n) is 13.9. The molecule has 0 aromatic heterocycles. The van der Waals surface area contributed by atoms with E-state index in [4.69, 9.17) is 9.47 Å². The van der Waals surface area contributed by atoms with Gasteiger partial charge in [-0.3, -0.25) is 4.79 Å². The van der Waals surface area contributed by atoms with Crippen molar-refractivity contribution in [2.45, 2.75) is 19.8 Å². The highest BCUT2D eigenvalue weighted by atomic mass is 35.5. The van der Waals surface area contributed by atoms with Crippen LogP contribution in [0.3, 0.4) is 0 Å². The van der Waals surface area contributed by atoms with Crippen LogP contribution in [-0.4, -0.2) is 50.7 Å². The van der Waals surface area contributed by atoms with Gasteiger partial charge in [-0.1, -0.05) is 19.1 Å². The van der Waals surface area contributed by atoms with E-state index in [-0.39, 0.29) is 24.9 Å². The van der Waals surface area contributed by atoms with Gasteiger partial charge in [0.25, 0.3) is 5.91 Å². The van der Waals surface area contributed by atoms with Gasteiger partial charge in [-0.05, 0) is 44.0 Å². The first-order chi connectivity index (χ1) is 10.7. The fourth-order valence-electron chi connectivity index (χ4n) is 2.70. The van der Waals surface area contributed by atoms with Crippen molar-refractivity contribution in [2.75, 3.05) is 39.9 Å². The van der Waals surface area contributed by atoms with Crippen LogP contribution in [0, 0.1) is 5.92 Å². The van der Waals surface area contributed by atoms with Gasteiger partial charge in [0.05, 0.1) is 7.11 Å². The Bertz CT molecular complexity index is 477. The first kappa shape index (κ1) is 19.6. The van der Waals surface area contributed by atoms with E-state index in [9.17, 15) is 4.79 Å². The van der Waals surface area contributed by atoms with Gasteiger partial charge in [-0.15, -0.1) is 12.4 Å². The molecule has 0 spiro atoms. The van der Waals surface area contributed by atoms with Crippen LogP contribution >= 0.6 is 12.4 Å². The smallest absolute Gasteiger partial charge is 0.260 e. The van der Waals surface area contributed by atoms with E-state index in [0.717, 1.165) is 39.0 Å². The maximum atomic E-state index is 12.2. The van der Waals surface area contributed by atoms with Crippen LogP contribution < -0.4 is 14.8 Å². The monoisotopic (exact) mass is 342 g/mol. The quantitative estimate of drug-likeness (QED) is 0.826. The Morgan fingerprint density at radius 1 is 1.26 bits per heavy atom. The third kappa shape index (κ3) is 5.92. The van der Waals surface area contributed by atoms with Gasteiger partial charge < -0.3 is 19.7 Å². The van der Waals surface area contributed by atoms with E-state index in [0.29, 0.717) is 17.4 Å². The standard InChI is InChI=1S/C17H26N2O3.ClH/c1-3-18-12-14-8-10-19(11-9-14)17(20)13-22-16-7-5-4-6-15(16)21-2;/h4-7,14,18H,3,8-13H2,1-2H3;1H. The highest BCUT2D eigenvalue weighted by Gasteiger charge is 2.22. The second-order valence-corrected chi connectivity index (χ2v) is 5.57. The van der Waals surface area contributed by atoms with Gasteiger partial charge >= 0.3 is 0 Å². The number of ether oxygens (including phenoxy) is 2. The van der Waals surface area contributed by atoms with Gasteiger partial charge in [0.2, 0.25) is 0 Å². The van der Waals surface area contributed by atoms with Crippen molar-refractivity contribution in [3.8, 4) is 11.5 Å². The third-order valence-electron chi connectivity index (χ3n) is 4.07. The average molecular weight is 343 g/mol. The van der Waals surface area contributed by atoms with Crippen molar-refractivity contribution in [1.29, 1.82) is 0 Å². The van der Waals surface area contributed by atoms with E-state index in [1.165, 1.54) is 0 Å². The number of hydrogen-bond donors (Lipinski definition) is 1. The number of likely N-dealkylation sites (tertiary alicyclic amines) is 1. The zero-order valence-corrected chi connectivity index (χ0v) is 14.7. The van der Waals surface area contributed by atoms with Crippen molar-refractivity contribution >= 4 is 18.3 Å². The first-order valence-corrected chi connectivity index (χ1v) is 7.99. The molecule has 0 bridgehead atoms. The van der Waals surface area contributed by atoms with E-state index in [1.54, 1.807) is 7.11 Å².